The molecule has 0 atom stereocenters. The Hall–Kier alpha value is -1.09. The maximum absolute atomic E-state index is 5.24. The predicted octanol–water partition coefficient (Wildman–Crippen LogP) is 3.75. The van der Waals surface area contributed by atoms with Gasteiger partial charge in [-0.05, 0) is 41.7 Å². The van der Waals surface area contributed by atoms with E-state index in [0.29, 0.717) is 16.9 Å². The Morgan fingerprint density at radius 3 is 2.53 bits per heavy atom. The Morgan fingerprint density at radius 1 is 1.24 bits per heavy atom. The number of hydrogen-bond donors (Lipinski definition) is 2. The van der Waals surface area contributed by atoms with E-state index in [1.165, 1.54) is 5.56 Å². The van der Waals surface area contributed by atoms with Gasteiger partial charge in [0.2, 0.25) is 0 Å². The van der Waals surface area contributed by atoms with Crippen LogP contribution in [-0.2, 0) is 0 Å². The number of thiocarbonyl (C=S) groups is 1. The fourth-order valence-corrected chi connectivity index (χ4v) is 1.65. The number of hydrogen-bond acceptors (Lipinski definition) is 1. The Labute approximate surface area is 110 Å². The fraction of sp³-hybridized carbons (Fsp3) is 0.500. The molecule has 17 heavy (non-hydrogen) atoms. The third-order valence-electron chi connectivity index (χ3n) is 2.48. The van der Waals surface area contributed by atoms with Gasteiger partial charge in [-0.15, -0.1) is 0 Å². The summed E-state index contributed by atoms with van der Waals surface area (Å²) in [5, 5.41) is 7.11. The minimum absolute atomic E-state index is 0.536. The van der Waals surface area contributed by atoms with Crippen molar-refractivity contribution in [3.63, 3.8) is 0 Å². The van der Waals surface area contributed by atoms with Gasteiger partial charge in [0, 0.05) is 12.2 Å². The van der Waals surface area contributed by atoms with Crippen LogP contribution in [0, 0.1) is 5.92 Å². The molecule has 1 aromatic rings. The number of rotatable bonds is 4. The van der Waals surface area contributed by atoms with Crippen LogP contribution >= 0.6 is 12.2 Å². The first kappa shape index (κ1) is 14.0. The molecule has 0 spiro atoms. The lowest BCUT2D eigenvalue weighted by Gasteiger charge is -2.13. The van der Waals surface area contributed by atoms with E-state index in [-0.39, 0.29) is 0 Å². The molecule has 0 aliphatic carbocycles. The van der Waals surface area contributed by atoms with Gasteiger partial charge in [0.05, 0.1) is 0 Å². The van der Waals surface area contributed by atoms with Crippen molar-refractivity contribution in [2.24, 2.45) is 5.92 Å². The molecular weight excluding hydrogens is 228 g/mol. The Kier molecular flexibility index (Phi) is 5.42. The van der Waals surface area contributed by atoms with Gasteiger partial charge in [-0.3, -0.25) is 0 Å². The van der Waals surface area contributed by atoms with E-state index in [2.05, 4.69) is 56.5 Å². The van der Waals surface area contributed by atoms with Crippen molar-refractivity contribution in [1.29, 1.82) is 0 Å². The molecule has 1 rings (SSSR count). The maximum Gasteiger partial charge on any atom is 0.170 e. The normalized spacial score (nSPS) is 10.7. The van der Waals surface area contributed by atoms with Crippen LogP contribution in [0.4, 0.5) is 5.69 Å². The van der Waals surface area contributed by atoms with E-state index in [9.17, 15) is 0 Å². The molecule has 0 bridgehead atoms. The minimum atomic E-state index is 0.536. The Morgan fingerprint density at radius 2 is 1.94 bits per heavy atom. The van der Waals surface area contributed by atoms with Crippen LogP contribution in [-0.4, -0.2) is 11.7 Å². The summed E-state index contributed by atoms with van der Waals surface area (Å²) in [6.07, 6.45) is 0. The van der Waals surface area contributed by atoms with E-state index in [4.69, 9.17) is 12.2 Å². The van der Waals surface area contributed by atoms with Gasteiger partial charge in [-0.1, -0.05) is 39.8 Å². The first-order valence-electron chi connectivity index (χ1n) is 6.14. The zero-order valence-electron chi connectivity index (χ0n) is 11.1. The lowest BCUT2D eigenvalue weighted by molar-refractivity contribution is 0.627. The molecule has 0 amide bonds. The fourth-order valence-electron chi connectivity index (χ4n) is 1.45. The second kappa shape index (κ2) is 6.60. The first-order chi connectivity index (χ1) is 7.99. The zero-order valence-corrected chi connectivity index (χ0v) is 11.9. The standard InChI is InChI=1S/C14H22N2S/c1-10(2)9-15-14(17)16-13-7-5-6-12(8-13)11(3)4/h5-8,10-11H,9H2,1-4H3,(H2,15,16,17). The lowest BCUT2D eigenvalue weighted by Crippen LogP contribution is -2.31. The number of benzene rings is 1. The van der Waals surface area contributed by atoms with Crippen molar-refractivity contribution in [3.8, 4) is 0 Å². The average molecular weight is 250 g/mol. The third-order valence-corrected chi connectivity index (χ3v) is 2.73. The zero-order chi connectivity index (χ0) is 12.8. The Balaban J connectivity index is 2.56. The summed E-state index contributed by atoms with van der Waals surface area (Å²) in [5.74, 6) is 1.13. The van der Waals surface area contributed by atoms with Gasteiger partial charge < -0.3 is 10.6 Å². The summed E-state index contributed by atoms with van der Waals surface area (Å²) in [5.41, 5.74) is 2.37. The largest absolute Gasteiger partial charge is 0.362 e. The molecule has 2 N–H and O–H groups in total. The van der Waals surface area contributed by atoms with E-state index in [0.717, 1.165) is 12.2 Å². The Bertz CT molecular complexity index is 372. The van der Waals surface area contributed by atoms with Crippen molar-refractivity contribution < 1.29 is 0 Å². The maximum atomic E-state index is 5.24. The van der Waals surface area contributed by atoms with Crippen LogP contribution < -0.4 is 10.6 Å². The van der Waals surface area contributed by atoms with Crippen LogP contribution in [0.1, 0.15) is 39.2 Å². The average Bonchev–Trinajstić information content (AvgIpc) is 2.26. The van der Waals surface area contributed by atoms with Gasteiger partial charge in [-0.25, -0.2) is 0 Å². The van der Waals surface area contributed by atoms with Crippen LogP contribution in [0.25, 0.3) is 0 Å². The predicted molar refractivity (Wildman–Crippen MR) is 79.6 cm³/mol. The van der Waals surface area contributed by atoms with Crippen molar-refractivity contribution in [2.45, 2.75) is 33.6 Å². The molecule has 94 valence electrons. The van der Waals surface area contributed by atoms with Crippen LogP contribution in [0.3, 0.4) is 0 Å². The topological polar surface area (TPSA) is 24.1 Å². The second-order valence-corrected chi connectivity index (χ2v) is 5.42. The highest BCUT2D eigenvalue weighted by Crippen LogP contribution is 2.18. The van der Waals surface area contributed by atoms with Crippen LogP contribution in [0.15, 0.2) is 24.3 Å². The molecule has 0 saturated heterocycles. The van der Waals surface area contributed by atoms with E-state index >= 15 is 0 Å². The number of nitrogens with one attached hydrogen (secondary N) is 2. The molecule has 0 heterocycles. The highest BCUT2D eigenvalue weighted by molar-refractivity contribution is 7.80. The number of anilines is 1. The summed E-state index contributed by atoms with van der Waals surface area (Å²) in [4.78, 5) is 0. The monoisotopic (exact) mass is 250 g/mol. The molecular formula is C14H22N2S. The molecule has 2 nitrogen and oxygen atoms in total. The molecule has 0 radical (unpaired) electrons. The SMILES string of the molecule is CC(C)CNC(=S)Nc1cccc(C(C)C)c1. The molecule has 3 heteroatoms. The summed E-state index contributed by atoms with van der Waals surface area (Å²) >= 11 is 5.24. The van der Waals surface area contributed by atoms with Crippen molar-refractivity contribution in [3.05, 3.63) is 29.8 Å². The lowest BCUT2D eigenvalue weighted by atomic mass is 10.0. The van der Waals surface area contributed by atoms with Gasteiger partial charge in [0.15, 0.2) is 5.11 Å². The van der Waals surface area contributed by atoms with E-state index in [1.807, 2.05) is 6.07 Å². The highest BCUT2D eigenvalue weighted by Gasteiger charge is 2.02. The third kappa shape index (κ3) is 5.18. The van der Waals surface area contributed by atoms with Crippen LogP contribution in [0.2, 0.25) is 0 Å². The molecule has 0 unspecified atom stereocenters. The molecule has 0 aromatic heterocycles. The van der Waals surface area contributed by atoms with Crippen molar-refractivity contribution in [2.75, 3.05) is 11.9 Å². The van der Waals surface area contributed by atoms with Crippen LogP contribution in [0.5, 0.6) is 0 Å². The van der Waals surface area contributed by atoms with E-state index < -0.39 is 0 Å². The molecule has 0 aliphatic heterocycles. The highest BCUT2D eigenvalue weighted by atomic mass is 32.1. The molecule has 0 saturated carbocycles. The van der Waals surface area contributed by atoms with Gasteiger partial charge in [0.1, 0.15) is 0 Å². The smallest absolute Gasteiger partial charge is 0.170 e. The molecule has 0 aliphatic rings. The van der Waals surface area contributed by atoms with E-state index in [1.54, 1.807) is 0 Å². The van der Waals surface area contributed by atoms with Gasteiger partial charge >= 0.3 is 0 Å². The molecule has 0 fully saturated rings. The second-order valence-electron chi connectivity index (χ2n) is 5.01. The first-order valence-corrected chi connectivity index (χ1v) is 6.54. The molecule has 1 aromatic carbocycles. The summed E-state index contributed by atoms with van der Waals surface area (Å²) in [6, 6.07) is 8.38. The minimum Gasteiger partial charge on any atom is -0.362 e. The summed E-state index contributed by atoms with van der Waals surface area (Å²) < 4.78 is 0. The summed E-state index contributed by atoms with van der Waals surface area (Å²) in [7, 11) is 0. The summed E-state index contributed by atoms with van der Waals surface area (Å²) in [6.45, 7) is 9.60. The quantitative estimate of drug-likeness (QED) is 0.796. The van der Waals surface area contributed by atoms with Crippen molar-refractivity contribution in [1.82, 2.24) is 5.32 Å². The van der Waals surface area contributed by atoms with Crippen molar-refractivity contribution >= 4 is 23.0 Å². The van der Waals surface area contributed by atoms with Gasteiger partial charge in [0.25, 0.3) is 0 Å². The van der Waals surface area contributed by atoms with Gasteiger partial charge in [-0.2, -0.15) is 0 Å².